The van der Waals surface area contributed by atoms with E-state index in [1.807, 2.05) is 6.07 Å². The van der Waals surface area contributed by atoms with Crippen LogP contribution in [-0.4, -0.2) is 30.9 Å². The molecule has 1 amide bonds. The molecule has 0 heterocycles. The number of hydrogen-bond acceptors (Lipinski definition) is 3. The van der Waals surface area contributed by atoms with E-state index in [2.05, 4.69) is 6.58 Å². The molecular formula is C19H19NO3. The zero-order chi connectivity index (χ0) is 16.8. The summed E-state index contributed by atoms with van der Waals surface area (Å²) in [6.07, 6.45) is 0.732. The smallest absolute Gasteiger partial charge is 0.339 e. The third-order valence-electron chi connectivity index (χ3n) is 3.37. The Hall–Kier alpha value is -2.88. The fourth-order valence-electron chi connectivity index (χ4n) is 2.05. The number of benzene rings is 2. The highest BCUT2D eigenvalue weighted by Gasteiger charge is 2.26. The number of nitrogens with zero attached hydrogens (tertiary/aromatic N) is 1. The van der Waals surface area contributed by atoms with Crippen LogP contribution in [0.4, 0.5) is 0 Å². The second-order valence-electron chi connectivity index (χ2n) is 5.25. The Balaban J connectivity index is 2.24. The highest BCUT2D eigenvalue weighted by atomic mass is 16.5. The van der Waals surface area contributed by atoms with E-state index in [4.69, 9.17) is 4.74 Å². The van der Waals surface area contributed by atoms with Gasteiger partial charge in [0.1, 0.15) is 0 Å². The lowest BCUT2D eigenvalue weighted by Gasteiger charge is -2.21. The maximum absolute atomic E-state index is 12.3. The van der Waals surface area contributed by atoms with Gasteiger partial charge in [-0.2, -0.15) is 0 Å². The molecule has 0 spiro atoms. The first-order valence-electron chi connectivity index (χ1n) is 7.22. The molecule has 0 saturated heterocycles. The lowest BCUT2D eigenvalue weighted by atomic mass is 10.1. The maximum Gasteiger partial charge on any atom is 0.339 e. The van der Waals surface area contributed by atoms with Crippen molar-refractivity contribution in [3.8, 4) is 0 Å². The Morgan fingerprint density at radius 1 is 1.04 bits per heavy atom. The van der Waals surface area contributed by atoms with E-state index < -0.39 is 12.1 Å². The monoisotopic (exact) mass is 309 g/mol. The Morgan fingerprint density at radius 3 is 2.17 bits per heavy atom. The average Bonchev–Trinajstić information content (AvgIpc) is 2.59. The Bertz CT molecular complexity index is 690. The molecule has 0 radical (unpaired) electrons. The molecule has 0 N–H and O–H groups in total. The van der Waals surface area contributed by atoms with Gasteiger partial charge in [0, 0.05) is 19.7 Å². The normalized spacial score (nSPS) is 11.4. The fourth-order valence-corrected chi connectivity index (χ4v) is 2.05. The van der Waals surface area contributed by atoms with Crippen LogP contribution in [0, 0.1) is 0 Å². The minimum atomic E-state index is -0.960. The summed E-state index contributed by atoms with van der Waals surface area (Å²) in [4.78, 5) is 26.1. The van der Waals surface area contributed by atoms with Gasteiger partial charge < -0.3 is 9.64 Å². The van der Waals surface area contributed by atoms with Gasteiger partial charge in [0.25, 0.3) is 5.91 Å². The number of carbonyl (C=O) groups is 2. The lowest BCUT2D eigenvalue weighted by molar-refractivity contribution is -0.138. The summed E-state index contributed by atoms with van der Waals surface area (Å²) in [5.41, 5.74) is 1.94. The van der Waals surface area contributed by atoms with Gasteiger partial charge in [-0.3, -0.25) is 4.79 Å². The summed E-state index contributed by atoms with van der Waals surface area (Å²) in [6, 6.07) is 15.8. The number of hydrogen-bond donors (Lipinski definition) is 0. The van der Waals surface area contributed by atoms with E-state index in [1.165, 1.54) is 4.90 Å². The van der Waals surface area contributed by atoms with E-state index in [-0.39, 0.29) is 5.91 Å². The molecule has 0 saturated carbocycles. The van der Waals surface area contributed by atoms with Crippen molar-refractivity contribution in [3.63, 3.8) is 0 Å². The first-order chi connectivity index (χ1) is 11.0. The highest BCUT2D eigenvalue weighted by Crippen LogP contribution is 2.21. The van der Waals surface area contributed by atoms with Gasteiger partial charge in [-0.05, 0) is 17.7 Å². The summed E-state index contributed by atoms with van der Waals surface area (Å²) in [7, 11) is 3.26. The Labute approximate surface area is 136 Å². The molecule has 2 aromatic carbocycles. The zero-order valence-corrected chi connectivity index (χ0v) is 13.2. The molecule has 1 unspecified atom stereocenters. The summed E-state index contributed by atoms with van der Waals surface area (Å²) in [5.74, 6) is -0.822. The van der Waals surface area contributed by atoms with E-state index >= 15 is 0 Å². The SMILES string of the molecule is C=Cc1ccc(C(=O)OC(C(=O)N(C)C)c2ccccc2)cc1. The second-order valence-corrected chi connectivity index (χ2v) is 5.25. The van der Waals surface area contributed by atoms with Crippen molar-refractivity contribution < 1.29 is 14.3 Å². The van der Waals surface area contributed by atoms with Crippen molar-refractivity contribution in [1.82, 2.24) is 4.90 Å². The van der Waals surface area contributed by atoms with Crippen molar-refractivity contribution in [2.24, 2.45) is 0 Å². The summed E-state index contributed by atoms with van der Waals surface area (Å²) in [6.45, 7) is 3.67. The third kappa shape index (κ3) is 4.07. The summed E-state index contributed by atoms with van der Waals surface area (Å²) in [5, 5.41) is 0. The first kappa shape index (κ1) is 16.5. The van der Waals surface area contributed by atoms with Crippen molar-refractivity contribution >= 4 is 18.0 Å². The van der Waals surface area contributed by atoms with Crippen LogP contribution in [0.1, 0.15) is 27.6 Å². The number of esters is 1. The predicted octanol–water partition coefficient (Wildman–Crippen LogP) is 3.32. The van der Waals surface area contributed by atoms with E-state index in [9.17, 15) is 9.59 Å². The standard InChI is InChI=1S/C19H19NO3/c1-4-14-10-12-16(13-11-14)19(22)23-17(18(21)20(2)3)15-8-6-5-7-9-15/h4-13,17H,1H2,2-3H3. The first-order valence-corrected chi connectivity index (χ1v) is 7.22. The third-order valence-corrected chi connectivity index (χ3v) is 3.37. The Kier molecular flexibility index (Phi) is 5.31. The van der Waals surface area contributed by atoms with Crippen LogP contribution >= 0.6 is 0 Å². The molecule has 0 aliphatic heterocycles. The van der Waals surface area contributed by atoms with Crippen LogP contribution in [0.2, 0.25) is 0 Å². The van der Waals surface area contributed by atoms with Gasteiger partial charge in [-0.25, -0.2) is 4.79 Å². The van der Waals surface area contributed by atoms with Crippen LogP contribution in [-0.2, 0) is 9.53 Å². The number of rotatable bonds is 5. The van der Waals surface area contributed by atoms with Crippen molar-refractivity contribution in [2.45, 2.75) is 6.10 Å². The van der Waals surface area contributed by atoms with Crippen LogP contribution in [0.3, 0.4) is 0 Å². The van der Waals surface area contributed by atoms with Crippen LogP contribution in [0.5, 0.6) is 0 Å². The Morgan fingerprint density at radius 2 is 1.65 bits per heavy atom. The molecule has 0 aliphatic carbocycles. The summed E-state index contributed by atoms with van der Waals surface area (Å²) >= 11 is 0. The van der Waals surface area contributed by atoms with Gasteiger partial charge in [0.05, 0.1) is 5.56 Å². The minimum Gasteiger partial charge on any atom is -0.444 e. The number of amides is 1. The fraction of sp³-hybridized carbons (Fsp3) is 0.158. The molecule has 0 aromatic heterocycles. The molecule has 0 aliphatic rings. The number of ether oxygens (including phenoxy) is 1. The molecule has 23 heavy (non-hydrogen) atoms. The number of likely N-dealkylation sites (N-methyl/N-ethyl adjacent to an activating group) is 1. The molecular weight excluding hydrogens is 290 g/mol. The molecule has 4 heteroatoms. The van der Waals surface area contributed by atoms with Crippen LogP contribution in [0.25, 0.3) is 6.08 Å². The molecule has 118 valence electrons. The van der Waals surface area contributed by atoms with E-state index in [1.54, 1.807) is 68.7 Å². The average molecular weight is 309 g/mol. The van der Waals surface area contributed by atoms with Gasteiger partial charge >= 0.3 is 5.97 Å². The van der Waals surface area contributed by atoms with Crippen molar-refractivity contribution in [3.05, 3.63) is 77.9 Å². The molecule has 0 bridgehead atoms. The van der Waals surface area contributed by atoms with Gasteiger partial charge in [0.2, 0.25) is 6.10 Å². The molecule has 2 rings (SSSR count). The van der Waals surface area contributed by atoms with E-state index in [0.717, 1.165) is 5.56 Å². The largest absolute Gasteiger partial charge is 0.444 e. The molecule has 1 atom stereocenters. The summed E-state index contributed by atoms with van der Waals surface area (Å²) < 4.78 is 5.46. The quantitative estimate of drug-likeness (QED) is 0.796. The topological polar surface area (TPSA) is 46.6 Å². The molecule has 0 fully saturated rings. The predicted molar refractivity (Wildman–Crippen MR) is 89.8 cm³/mol. The molecule has 2 aromatic rings. The van der Waals surface area contributed by atoms with Gasteiger partial charge in [-0.1, -0.05) is 55.1 Å². The van der Waals surface area contributed by atoms with Gasteiger partial charge in [-0.15, -0.1) is 0 Å². The van der Waals surface area contributed by atoms with Crippen LogP contribution < -0.4 is 0 Å². The van der Waals surface area contributed by atoms with Crippen molar-refractivity contribution in [1.29, 1.82) is 0 Å². The van der Waals surface area contributed by atoms with Gasteiger partial charge in [0.15, 0.2) is 0 Å². The highest BCUT2D eigenvalue weighted by molar-refractivity contribution is 5.92. The lowest BCUT2D eigenvalue weighted by Crippen LogP contribution is -2.31. The van der Waals surface area contributed by atoms with E-state index in [0.29, 0.717) is 11.1 Å². The number of carbonyl (C=O) groups excluding carboxylic acids is 2. The molecule has 4 nitrogen and oxygen atoms in total. The maximum atomic E-state index is 12.3. The second kappa shape index (κ2) is 7.40. The van der Waals surface area contributed by atoms with Crippen LogP contribution in [0.15, 0.2) is 61.2 Å². The van der Waals surface area contributed by atoms with Crippen molar-refractivity contribution in [2.75, 3.05) is 14.1 Å². The zero-order valence-electron chi connectivity index (χ0n) is 13.2. The minimum absolute atomic E-state index is 0.285.